The second kappa shape index (κ2) is 11.2. The van der Waals surface area contributed by atoms with Gasteiger partial charge in [-0.1, -0.05) is 38.1 Å². The van der Waals surface area contributed by atoms with Crippen LogP contribution in [0.4, 0.5) is 0 Å². The quantitative estimate of drug-likeness (QED) is 0.471. The number of amides is 2. The van der Waals surface area contributed by atoms with Gasteiger partial charge >= 0.3 is 0 Å². The number of allylic oxidation sites excluding steroid dienone is 1. The molecule has 2 amide bonds. The Kier molecular flexibility index (Phi) is 8.06. The van der Waals surface area contributed by atoms with Gasteiger partial charge in [-0.25, -0.2) is 4.99 Å². The molecule has 0 saturated carbocycles. The van der Waals surface area contributed by atoms with Gasteiger partial charge in [0.1, 0.15) is 5.75 Å². The van der Waals surface area contributed by atoms with Gasteiger partial charge in [0.05, 0.1) is 23.0 Å². The predicted octanol–water partition coefficient (Wildman–Crippen LogP) is 4.10. The smallest absolute Gasteiger partial charge is 0.283 e. The molecule has 1 saturated heterocycles. The van der Waals surface area contributed by atoms with E-state index >= 15 is 0 Å². The standard InChI is InChI=1S/C27H33N3O3S/c1-18-13-19(2)17-30(16-18)12-4-11-28-26(31)21-7-10-24-23(15-21)29-27(32)25(34-24)14-20-5-8-22(33-3)9-6-20/h5-10,14-15,18-19,24H,4,11-13,16-17H2,1-3H3,(H,28,31)/b25-14+. The van der Waals surface area contributed by atoms with Gasteiger partial charge in [-0.2, -0.15) is 0 Å². The van der Waals surface area contributed by atoms with E-state index in [1.54, 1.807) is 13.2 Å². The van der Waals surface area contributed by atoms with Gasteiger partial charge in [-0.15, -0.1) is 11.8 Å². The number of rotatable bonds is 7. The third-order valence-electron chi connectivity index (χ3n) is 6.30. The third-order valence-corrected chi connectivity index (χ3v) is 7.50. The number of fused-ring (bicyclic) bond motifs is 1. The van der Waals surface area contributed by atoms with Crippen molar-refractivity contribution in [2.24, 2.45) is 16.8 Å². The first-order valence-electron chi connectivity index (χ1n) is 12.0. The van der Waals surface area contributed by atoms with E-state index in [4.69, 9.17) is 4.74 Å². The van der Waals surface area contributed by atoms with Crippen LogP contribution in [0.3, 0.4) is 0 Å². The molecular formula is C27H33N3O3S. The number of carbonyl (C=O) groups is 2. The van der Waals surface area contributed by atoms with Gasteiger partial charge < -0.3 is 15.0 Å². The first-order chi connectivity index (χ1) is 16.4. The zero-order valence-corrected chi connectivity index (χ0v) is 20.9. The van der Waals surface area contributed by atoms with Gasteiger partial charge in [0.2, 0.25) is 0 Å². The molecule has 180 valence electrons. The second-order valence-electron chi connectivity index (χ2n) is 9.44. The highest BCUT2D eigenvalue weighted by molar-refractivity contribution is 8.05. The minimum absolute atomic E-state index is 0.0678. The van der Waals surface area contributed by atoms with E-state index in [1.165, 1.54) is 18.2 Å². The fraction of sp³-hybridized carbons (Fsp3) is 0.444. The van der Waals surface area contributed by atoms with Crippen molar-refractivity contribution in [2.45, 2.75) is 31.9 Å². The van der Waals surface area contributed by atoms with Crippen molar-refractivity contribution in [3.05, 3.63) is 58.5 Å². The molecule has 2 heterocycles. The number of benzene rings is 1. The molecule has 0 aromatic heterocycles. The maximum absolute atomic E-state index is 12.7. The number of likely N-dealkylation sites (tertiary alicyclic amines) is 1. The van der Waals surface area contributed by atoms with Crippen molar-refractivity contribution in [2.75, 3.05) is 33.3 Å². The molecule has 0 radical (unpaired) electrons. The van der Waals surface area contributed by atoms with Gasteiger partial charge in [0, 0.05) is 25.2 Å². The van der Waals surface area contributed by atoms with E-state index in [1.807, 2.05) is 42.5 Å². The first kappa shape index (κ1) is 24.5. The molecule has 6 nitrogen and oxygen atoms in total. The zero-order valence-electron chi connectivity index (χ0n) is 20.1. The third kappa shape index (κ3) is 6.27. The largest absolute Gasteiger partial charge is 0.497 e. The molecule has 1 aromatic carbocycles. The molecular weight excluding hydrogens is 446 g/mol. The Morgan fingerprint density at radius 3 is 2.68 bits per heavy atom. The average molecular weight is 480 g/mol. The van der Waals surface area contributed by atoms with Gasteiger partial charge in [0.25, 0.3) is 11.8 Å². The second-order valence-corrected chi connectivity index (χ2v) is 10.6. The summed E-state index contributed by atoms with van der Waals surface area (Å²) in [4.78, 5) is 32.6. The van der Waals surface area contributed by atoms with Crippen LogP contribution >= 0.6 is 11.8 Å². The highest BCUT2D eigenvalue weighted by Crippen LogP contribution is 2.34. The van der Waals surface area contributed by atoms with E-state index in [0.717, 1.165) is 49.2 Å². The predicted molar refractivity (Wildman–Crippen MR) is 139 cm³/mol. The van der Waals surface area contributed by atoms with Gasteiger partial charge in [-0.05, 0) is 61.1 Å². The van der Waals surface area contributed by atoms with Crippen molar-refractivity contribution < 1.29 is 14.3 Å². The summed E-state index contributed by atoms with van der Waals surface area (Å²) in [5.41, 5.74) is 2.09. The van der Waals surface area contributed by atoms with E-state index in [9.17, 15) is 9.59 Å². The number of nitrogens with one attached hydrogen (secondary N) is 1. The number of aliphatic imine (C=N–C) groups is 1. The number of ether oxygens (including phenoxy) is 1. The summed E-state index contributed by atoms with van der Waals surface area (Å²) in [5, 5.41) is 2.95. The molecule has 7 heteroatoms. The molecule has 0 bridgehead atoms. The normalized spacial score (nSPS) is 26.0. The van der Waals surface area contributed by atoms with Gasteiger partial charge in [0.15, 0.2) is 0 Å². The van der Waals surface area contributed by atoms with Crippen LogP contribution in [0.2, 0.25) is 0 Å². The topological polar surface area (TPSA) is 71.0 Å². The molecule has 0 spiro atoms. The Morgan fingerprint density at radius 1 is 1.24 bits per heavy atom. The maximum atomic E-state index is 12.7. The lowest BCUT2D eigenvalue weighted by atomic mass is 9.92. The van der Waals surface area contributed by atoms with Crippen LogP contribution in [0.15, 0.2) is 58.0 Å². The van der Waals surface area contributed by atoms with Crippen LogP contribution in [0.1, 0.15) is 32.3 Å². The Hall–Kier alpha value is -2.64. The van der Waals surface area contributed by atoms with Crippen molar-refractivity contribution in [1.82, 2.24) is 10.2 Å². The fourth-order valence-electron chi connectivity index (χ4n) is 4.80. The number of nitrogens with zero attached hydrogens (tertiary/aromatic N) is 2. The van der Waals surface area contributed by atoms with Crippen molar-refractivity contribution >= 4 is 35.4 Å². The fourth-order valence-corrected chi connectivity index (χ4v) is 5.83. The monoisotopic (exact) mass is 479 g/mol. The highest BCUT2D eigenvalue weighted by Gasteiger charge is 2.28. The van der Waals surface area contributed by atoms with E-state index in [2.05, 4.69) is 29.1 Å². The van der Waals surface area contributed by atoms with Crippen LogP contribution in [0.25, 0.3) is 6.08 Å². The number of carbonyl (C=O) groups excluding carboxylic acids is 2. The zero-order chi connectivity index (χ0) is 24.1. The molecule has 3 aliphatic rings. The van der Waals surface area contributed by atoms with Crippen LogP contribution in [0, 0.1) is 11.8 Å². The Bertz CT molecular complexity index is 1030. The molecule has 4 rings (SSSR count). The number of hydrogen-bond donors (Lipinski definition) is 1. The molecule has 1 N–H and O–H groups in total. The summed E-state index contributed by atoms with van der Waals surface area (Å²) < 4.78 is 5.18. The summed E-state index contributed by atoms with van der Waals surface area (Å²) in [5.74, 6) is 1.87. The SMILES string of the molecule is COc1ccc(/C=C2/SC3C=CC(C(=O)NCCCN4CC(C)CC(C)C4)=CC3=NC2=O)cc1. The van der Waals surface area contributed by atoms with Crippen LogP contribution in [0.5, 0.6) is 5.75 Å². The number of piperidine rings is 1. The summed E-state index contributed by atoms with van der Waals surface area (Å²) in [6.07, 6.45) is 9.60. The summed E-state index contributed by atoms with van der Waals surface area (Å²) in [6, 6.07) is 7.54. The molecule has 1 aromatic rings. The Morgan fingerprint density at radius 2 is 1.97 bits per heavy atom. The Labute approximate surface area is 206 Å². The van der Waals surface area contributed by atoms with Crippen LogP contribution in [-0.4, -0.2) is 61.0 Å². The van der Waals surface area contributed by atoms with Crippen molar-refractivity contribution in [3.63, 3.8) is 0 Å². The van der Waals surface area contributed by atoms with E-state index in [0.29, 0.717) is 22.7 Å². The lowest BCUT2D eigenvalue weighted by Gasteiger charge is -2.34. The number of methoxy groups -OCH3 is 1. The number of hydrogen-bond acceptors (Lipinski definition) is 5. The molecule has 3 unspecified atom stereocenters. The highest BCUT2D eigenvalue weighted by atomic mass is 32.2. The minimum atomic E-state index is -0.275. The lowest BCUT2D eigenvalue weighted by molar-refractivity contribution is -0.117. The first-order valence-corrected chi connectivity index (χ1v) is 12.8. The Balaban J connectivity index is 1.31. The van der Waals surface area contributed by atoms with Crippen molar-refractivity contribution in [1.29, 1.82) is 0 Å². The molecule has 3 atom stereocenters. The molecule has 1 fully saturated rings. The maximum Gasteiger partial charge on any atom is 0.283 e. The summed E-state index contributed by atoms with van der Waals surface area (Å²) in [7, 11) is 1.62. The minimum Gasteiger partial charge on any atom is -0.497 e. The average Bonchev–Trinajstić information content (AvgIpc) is 2.82. The summed E-state index contributed by atoms with van der Waals surface area (Å²) in [6.45, 7) is 8.57. The van der Waals surface area contributed by atoms with E-state index in [-0.39, 0.29) is 17.1 Å². The molecule has 1 aliphatic carbocycles. The summed E-state index contributed by atoms with van der Waals surface area (Å²) >= 11 is 1.46. The lowest BCUT2D eigenvalue weighted by Crippen LogP contribution is -2.40. The van der Waals surface area contributed by atoms with E-state index < -0.39 is 0 Å². The van der Waals surface area contributed by atoms with Crippen molar-refractivity contribution in [3.8, 4) is 5.75 Å². The number of thioether (sulfide) groups is 1. The molecule has 34 heavy (non-hydrogen) atoms. The molecule has 2 aliphatic heterocycles. The van der Waals surface area contributed by atoms with Crippen LogP contribution < -0.4 is 10.1 Å². The van der Waals surface area contributed by atoms with Gasteiger partial charge in [-0.3, -0.25) is 9.59 Å². The van der Waals surface area contributed by atoms with Crippen LogP contribution in [-0.2, 0) is 9.59 Å².